The highest BCUT2D eigenvalue weighted by Crippen LogP contribution is 2.21. The lowest BCUT2D eigenvalue weighted by Gasteiger charge is -2.09. The van der Waals surface area contributed by atoms with Crippen molar-refractivity contribution in [3.05, 3.63) is 35.5 Å². The number of sulfonamides is 1. The Morgan fingerprint density at radius 2 is 1.78 bits per heavy atom. The van der Waals surface area contributed by atoms with Gasteiger partial charge in [-0.05, 0) is 31.5 Å². The SMILES string of the molecule is CC1=C(c2ccc(NS(C)(=O)=O)cc2)NC(C)N1. The van der Waals surface area contributed by atoms with E-state index in [4.69, 9.17) is 0 Å². The van der Waals surface area contributed by atoms with Crippen LogP contribution in [0.2, 0.25) is 0 Å². The molecule has 0 spiro atoms. The highest BCUT2D eigenvalue weighted by atomic mass is 32.2. The van der Waals surface area contributed by atoms with Crippen LogP contribution in [-0.2, 0) is 10.0 Å². The molecule has 2 rings (SSSR count). The van der Waals surface area contributed by atoms with E-state index in [0.717, 1.165) is 23.2 Å². The fraction of sp³-hybridized carbons (Fsp3) is 0.333. The molecule has 1 heterocycles. The van der Waals surface area contributed by atoms with Crippen LogP contribution in [0.25, 0.3) is 5.70 Å². The van der Waals surface area contributed by atoms with Crippen LogP contribution in [0.4, 0.5) is 5.69 Å². The Morgan fingerprint density at radius 1 is 1.17 bits per heavy atom. The minimum Gasteiger partial charge on any atom is -0.367 e. The third kappa shape index (κ3) is 2.95. The van der Waals surface area contributed by atoms with Crippen molar-refractivity contribution in [2.45, 2.75) is 20.0 Å². The standard InChI is InChI=1S/C12H17N3O2S/c1-8-12(14-9(2)13-8)10-4-6-11(7-5-10)15-18(3,16)17/h4-7,9,13-15H,1-3H3. The van der Waals surface area contributed by atoms with Gasteiger partial charge < -0.3 is 10.6 Å². The minimum absolute atomic E-state index is 0.217. The number of nitrogens with one attached hydrogen (secondary N) is 3. The topological polar surface area (TPSA) is 70.2 Å². The van der Waals surface area contributed by atoms with E-state index in [9.17, 15) is 8.42 Å². The summed E-state index contributed by atoms with van der Waals surface area (Å²) >= 11 is 0. The molecule has 1 aliphatic heterocycles. The van der Waals surface area contributed by atoms with E-state index in [0.29, 0.717) is 5.69 Å². The largest absolute Gasteiger partial charge is 0.367 e. The molecule has 98 valence electrons. The van der Waals surface area contributed by atoms with Gasteiger partial charge in [-0.25, -0.2) is 8.42 Å². The van der Waals surface area contributed by atoms with Gasteiger partial charge in [0.05, 0.1) is 18.1 Å². The molecule has 5 nitrogen and oxygen atoms in total. The molecule has 6 heteroatoms. The summed E-state index contributed by atoms with van der Waals surface area (Å²) in [5, 5.41) is 6.59. The lowest BCUT2D eigenvalue weighted by atomic mass is 10.1. The molecule has 0 radical (unpaired) electrons. The van der Waals surface area contributed by atoms with Gasteiger partial charge in [0, 0.05) is 11.4 Å². The van der Waals surface area contributed by atoms with Gasteiger partial charge in [-0.2, -0.15) is 0 Å². The first kappa shape index (κ1) is 12.8. The fourth-order valence-corrected chi connectivity index (χ4v) is 2.54. The molecule has 18 heavy (non-hydrogen) atoms. The van der Waals surface area contributed by atoms with E-state index in [1.54, 1.807) is 12.1 Å². The van der Waals surface area contributed by atoms with E-state index in [1.807, 2.05) is 26.0 Å². The number of allylic oxidation sites excluding steroid dienone is 1. The minimum atomic E-state index is -3.22. The van der Waals surface area contributed by atoms with Gasteiger partial charge in [0.2, 0.25) is 10.0 Å². The molecule has 0 aliphatic carbocycles. The molecule has 0 saturated carbocycles. The van der Waals surface area contributed by atoms with Gasteiger partial charge in [-0.3, -0.25) is 4.72 Å². The molecule has 0 saturated heterocycles. The van der Waals surface area contributed by atoms with Gasteiger partial charge in [0.1, 0.15) is 0 Å². The van der Waals surface area contributed by atoms with Crippen LogP contribution in [-0.4, -0.2) is 20.8 Å². The third-order valence-electron chi connectivity index (χ3n) is 2.65. The highest BCUT2D eigenvalue weighted by Gasteiger charge is 2.16. The lowest BCUT2D eigenvalue weighted by molar-refractivity contribution is 0.607. The second-order valence-electron chi connectivity index (χ2n) is 4.46. The molecule has 1 aliphatic rings. The van der Waals surface area contributed by atoms with Crippen LogP contribution in [0.15, 0.2) is 30.0 Å². The predicted molar refractivity (Wildman–Crippen MR) is 73.2 cm³/mol. The Balaban J connectivity index is 2.21. The molecule has 1 aromatic rings. The van der Waals surface area contributed by atoms with Crippen LogP contribution in [0, 0.1) is 0 Å². The molecular weight excluding hydrogens is 250 g/mol. The molecule has 0 amide bonds. The van der Waals surface area contributed by atoms with Crippen LogP contribution in [0.5, 0.6) is 0 Å². The molecule has 0 aromatic heterocycles. The second-order valence-corrected chi connectivity index (χ2v) is 6.21. The molecule has 3 N–H and O–H groups in total. The Bertz CT molecular complexity index is 576. The maximum atomic E-state index is 11.1. The molecular formula is C12H17N3O2S. The smallest absolute Gasteiger partial charge is 0.229 e. The Hall–Kier alpha value is -1.69. The average Bonchev–Trinajstić information content (AvgIpc) is 2.57. The molecule has 1 aromatic carbocycles. The maximum Gasteiger partial charge on any atom is 0.229 e. The zero-order valence-corrected chi connectivity index (χ0v) is 11.4. The van der Waals surface area contributed by atoms with Crippen molar-refractivity contribution in [2.24, 2.45) is 0 Å². The van der Waals surface area contributed by atoms with Crippen molar-refractivity contribution in [1.82, 2.24) is 10.6 Å². The first-order chi connectivity index (χ1) is 8.35. The molecule has 0 bridgehead atoms. The Labute approximate surface area is 107 Å². The Kier molecular flexibility index (Phi) is 3.21. The first-order valence-electron chi connectivity index (χ1n) is 5.67. The summed E-state index contributed by atoms with van der Waals surface area (Å²) in [6, 6.07) is 7.28. The van der Waals surface area contributed by atoms with Gasteiger partial charge in [-0.15, -0.1) is 0 Å². The molecule has 1 atom stereocenters. The first-order valence-corrected chi connectivity index (χ1v) is 7.56. The van der Waals surface area contributed by atoms with Gasteiger partial charge in [0.25, 0.3) is 0 Å². The van der Waals surface area contributed by atoms with Crippen molar-refractivity contribution >= 4 is 21.4 Å². The van der Waals surface area contributed by atoms with E-state index >= 15 is 0 Å². The zero-order valence-electron chi connectivity index (χ0n) is 10.6. The van der Waals surface area contributed by atoms with Crippen LogP contribution in [0.3, 0.4) is 0 Å². The third-order valence-corrected chi connectivity index (χ3v) is 3.25. The highest BCUT2D eigenvalue weighted by molar-refractivity contribution is 7.92. The van der Waals surface area contributed by atoms with Crippen molar-refractivity contribution in [3.63, 3.8) is 0 Å². The van der Waals surface area contributed by atoms with E-state index < -0.39 is 10.0 Å². The lowest BCUT2D eigenvalue weighted by Crippen LogP contribution is -2.28. The van der Waals surface area contributed by atoms with E-state index in [1.165, 1.54) is 0 Å². The van der Waals surface area contributed by atoms with Crippen molar-refractivity contribution < 1.29 is 8.42 Å². The number of anilines is 1. The Morgan fingerprint density at radius 3 is 2.22 bits per heavy atom. The molecule has 1 unspecified atom stereocenters. The quantitative estimate of drug-likeness (QED) is 0.771. The number of benzene rings is 1. The van der Waals surface area contributed by atoms with E-state index in [-0.39, 0.29) is 6.17 Å². The maximum absolute atomic E-state index is 11.1. The summed E-state index contributed by atoms with van der Waals surface area (Å²) in [4.78, 5) is 0. The van der Waals surface area contributed by atoms with Gasteiger partial charge in [-0.1, -0.05) is 12.1 Å². The number of rotatable bonds is 3. The number of hydrogen-bond donors (Lipinski definition) is 3. The summed E-state index contributed by atoms with van der Waals surface area (Å²) in [6.07, 6.45) is 1.35. The van der Waals surface area contributed by atoms with Crippen LogP contribution >= 0.6 is 0 Å². The fourth-order valence-electron chi connectivity index (χ4n) is 1.98. The second kappa shape index (κ2) is 4.53. The summed E-state index contributed by atoms with van der Waals surface area (Å²) in [6.45, 7) is 4.05. The number of hydrogen-bond acceptors (Lipinski definition) is 4. The van der Waals surface area contributed by atoms with E-state index in [2.05, 4.69) is 15.4 Å². The average molecular weight is 267 g/mol. The summed E-state index contributed by atoms with van der Waals surface area (Å²) in [7, 11) is -3.22. The van der Waals surface area contributed by atoms with Crippen molar-refractivity contribution in [2.75, 3.05) is 11.0 Å². The summed E-state index contributed by atoms with van der Waals surface area (Å²) in [5.74, 6) is 0. The summed E-state index contributed by atoms with van der Waals surface area (Å²) in [5.41, 5.74) is 3.74. The normalized spacial score (nSPS) is 19.4. The van der Waals surface area contributed by atoms with Gasteiger partial charge >= 0.3 is 0 Å². The predicted octanol–water partition coefficient (Wildman–Crippen LogP) is 1.29. The van der Waals surface area contributed by atoms with Gasteiger partial charge in [0.15, 0.2) is 0 Å². The van der Waals surface area contributed by atoms with Crippen LogP contribution in [0.1, 0.15) is 19.4 Å². The van der Waals surface area contributed by atoms with Crippen molar-refractivity contribution in [3.8, 4) is 0 Å². The zero-order chi connectivity index (χ0) is 13.3. The monoisotopic (exact) mass is 267 g/mol. The summed E-state index contributed by atoms with van der Waals surface area (Å²) < 4.78 is 24.6. The van der Waals surface area contributed by atoms with Crippen molar-refractivity contribution in [1.29, 1.82) is 0 Å². The molecule has 0 fully saturated rings. The van der Waals surface area contributed by atoms with Crippen LogP contribution < -0.4 is 15.4 Å².